The van der Waals surface area contributed by atoms with Crippen molar-refractivity contribution in [2.24, 2.45) is 0 Å². The Morgan fingerprint density at radius 3 is 2.64 bits per heavy atom. The van der Waals surface area contributed by atoms with E-state index in [0.717, 1.165) is 47.1 Å². The van der Waals surface area contributed by atoms with E-state index in [2.05, 4.69) is 4.98 Å². The van der Waals surface area contributed by atoms with Crippen LogP contribution in [0.3, 0.4) is 0 Å². The molecule has 1 saturated heterocycles. The molecule has 1 amide bonds. The molecular formula is C23H24N2O3. The highest BCUT2D eigenvalue weighted by molar-refractivity contribution is 6.06. The number of carbonyl (C=O) groups excluding carboxylic acids is 1. The standard InChI is InChI=1S/C23H24N2O3/c1-15-13-18(17-7-4-5-8-19(17)24-15)23(26)25-12-6-9-20(25)16-10-11-21(27-2)22(14-16)28-3/h4-5,7-8,10-11,13-14,20H,6,9,12H2,1-3H3. The van der Waals surface area contributed by atoms with Crippen molar-refractivity contribution in [3.8, 4) is 11.5 Å². The van der Waals surface area contributed by atoms with Gasteiger partial charge in [0.05, 0.1) is 31.3 Å². The molecule has 1 unspecified atom stereocenters. The molecule has 1 aliphatic heterocycles. The molecule has 1 aliphatic rings. The number of benzene rings is 2. The number of hydrogen-bond donors (Lipinski definition) is 0. The van der Waals surface area contributed by atoms with E-state index in [4.69, 9.17) is 9.47 Å². The van der Waals surface area contributed by atoms with E-state index in [1.165, 1.54) is 0 Å². The van der Waals surface area contributed by atoms with Crippen molar-refractivity contribution in [1.29, 1.82) is 0 Å². The molecule has 4 rings (SSSR count). The van der Waals surface area contributed by atoms with Crippen LogP contribution in [0.15, 0.2) is 48.5 Å². The van der Waals surface area contributed by atoms with Gasteiger partial charge >= 0.3 is 0 Å². The summed E-state index contributed by atoms with van der Waals surface area (Å²) in [4.78, 5) is 20.1. The smallest absolute Gasteiger partial charge is 0.255 e. The lowest BCUT2D eigenvalue weighted by Gasteiger charge is -2.26. The number of ether oxygens (including phenoxy) is 2. The van der Waals surface area contributed by atoms with Gasteiger partial charge < -0.3 is 14.4 Å². The fourth-order valence-corrected chi connectivity index (χ4v) is 4.06. The summed E-state index contributed by atoms with van der Waals surface area (Å²) >= 11 is 0. The van der Waals surface area contributed by atoms with Crippen LogP contribution in [0.5, 0.6) is 11.5 Å². The number of methoxy groups -OCH3 is 2. The van der Waals surface area contributed by atoms with Gasteiger partial charge in [0.1, 0.15) is 0 Å². The third kappa shape index (κ3) is 3.17. The topological polar surface area (TPSA) is 51.7 Å². The average Bonchev–Trinajstić information content (AvgIpc) is 3.21. The van der Waals surface area contributed by atoms with Gasteiger partial charge in [-0.05, 0) is 49.6 Å². The van der Waals surface area contributed by atoms with E-state index in [1.807, 2.05) is 60.4 Å². The highest BCUT2D eigenvalue weighted by Gasteiger charge is 2.32. The summed E-state index contributed by atoms with van der Waals surface area (Å²) in [5.74, 6) is 1.43. The number of likely N-dealkylation sites (tertiary alicyclic amines) is 1. The fourth-order valence-electron chi connectivity index (χ4n) is 4.06. The molecule has 0 radical (unpaired) electrons. The predicted octanol–water partition coefficient (Wildman–Crippen LogP) is 4.54. The Hall–Kier alpha value is -3.08. The minimum atomic E-state index is 0.0274. The van der Waals surface area contributed by atoms with Crippen molar-refractivity contribution in [1.82, 2.24) is 9.88 Å². The number of para-hydroxylation sites is 1. The Bertz CT molecular complexity index is 1030. The molecule has 1 fully saturated rings. The van der Waals surface area contributed by atoms with Gasteiger partial charge in [0.15, 0.2) is 11.5 Å². The molecular weight excluding hydrogens is 352 g/mol. The van der Waals surface area contributed by atoms with Gasteiger partial charge in [-0.1, -0.05) is 24.3 Å². The zero-order valence-corrected chi connectivity index (χ0v) is 16.4. The van der Waals surface area contributed by atoms with Crippen LogP contribution in [0.1, 0.15) is 40.5 Å². The Balaban J connectivity index is 1.72. The van der Waals surface area contributed by atoms with Crippen molar-refractivity contribution in [3.05, 3.63) is 65.4 Å². The lowest BCUT2D eigenvalue weighted by atomic mass is 10.0. The van der Waals surface area contributed by atoms with Crippen LogP contribution >= 0.6 is 0 Å². The maximum absolute atomic E-state index is 13.5. The van der Waals surface area contributed by atoms with E-state index < -0.39 is 0 Å². The number of aryl methyl sites for hydroxylation is 1. The molecule has 5 nitrogen and oxygen atoms in total. The summed E-state index contributed by atoms with van der Waals surface area (Å²) in [7, 11) is 3.25. The second-order valence-corrected chi connectivity index (χ2v) is 7.10. The first-order valence-electron chi connectivity index (χ1n) is 9.51. The van der Waals surface area contributed by atoms with Crippen molar-refractivity contribution in [2.75, 3.05) is 20.8 Å². The molecule has 0 N–H and O–H groups in total. The Morgan fingerprint density at radius 2 is 1.86 bits per heavy atom. The quantitative estimate of drug-likeness (QED) is 0.671. The maximum atomic E-state index is 13.5. The monoisotopic (exact) mass is 376 g/mol. The summed E-state index contributed by atoms with van der Waals surface area (Å²) in [5.41, 5.74) is 3.49. The van der Waals surface area contributed by atoms with Gasteiger partial charge in [-0.2, -0.15) is 0 Å². The highest BCUT2D eigenvalue weighted by atomic mass is 16.5. The van der Waals surface area contributed by atoms with Crippen LogP contribution in [0.25, 0.3) is 10.9 Å². The van der Waals surface area contributed by atoms with Crippen LogP contribution in [0.2, 0.25) is 0 Å². The van der Waals surface area contributed by atoms with Crippen LogP contribution in [0, 0.1) is 6.92 Å². The number of rotatable bonds is 4. The maximum Gasteiger partial charge on any atom is 0.255 e. The number of nitrogens with zero attached hydrogens (tertiary/aromatic N) is 2. The van der Waals surface area contributed by atoms with Gasteiger partial charge in [0, 0.05) is 17.6 Å². The SMILES string of the molecule is COc1ccc(C2CCCN2C(=O)c2cc(C)nc3ccccc23)cc1OC. The van der Waals surface area contributed by atoms with E-state index in [1.54, 1.807) is 14.2 Å². The normalized spacial score (nSPS) is 16.4. The molecule has 5 heteroatoms. The summed E-state index contributed by atoms with van der Waals surface area (Å²) in [6.45, 7) is 2.67. The largest absolute Gasteiger partial charge is 0.493 e. The zero-order valence-electron chi connectivity index (χ0n) is 16.4. The first-order valence-corrected chi connectivity index (χ1v) is 9.51. The number of fused-ring (bicyclic) bond motifs is 1. The number of pyridine rings is 1. The zero-order chi connectivity index (χ0) is 19.7. The minimum Gasteiger partial charge on any atom is -0.493 e. The van der Waals surface area contributed by atoms with E-state index in [9.17, 15) is 4.79 Å². The first kappa shape index (κ1) is 18.3. The number of carbonyl (C=O) groups is 1. The Kier molecular flexibility index (Phi) is 4.90. The predicted molar refractivity (Wildman–Crippen MR) is 109 cm³/mol. The second-order valence-electron chi connectivity index (χ2n) is 7.10. The number of hydrogen-bond acceptors (Lipinski definition) is 4. The van der Waals surface area contributed by atoms with Crippen LogP contribution in [0.4, 0.5) is 0 Å². The minimum absolute atomic E-state index is 0.0274. The van der Waals surface area contributed by atoms with Gasteiger partial charge in [-0.15, -0.1) is 0 Å². The van der Waals surface area contributed by atoms with Gasteiger partial charge in [-0.3, -0.25) is 9.78 Å². The lowest BCUT2D eigenvalue weighted by molar-refractivity contribution is 0.0737. The molecule has 28 heavy (non-hydrogen) atoms. The highest BCUT2D eigenvalue weighted by Crippen LogP contribution is 2.38. The van der Waals surface area contributed by atoms with E-state index in [-0.39, 0.29) is 11.9 Å². The molecule has 3 aromatic rings. The number of aromatic nitrogens is 1. The summed E-state index contributed by atoms with van der Waals surface area (Å²) in [6.07, 6.45) is 1.91. The summed E-state index contributed by atoms with van der Waals surface area (Å²) in [6, 6.07) is 15.6. The van der Waals surface area contributed by atoms with E-state index >= 15 is 0 Å². The van der Waals surface area contributed by atoms with Gasteiger partial charge in [-0.25, -0.2) is 0 Å². The fraction of sp³-hybridized carbons (Fsp3) is 0.304. The molecule has 1 atom stereocenters. The van der Waals surface area contributed by atoms with Crippen LogP contribution in [-0.4, -0.2) is 36.6 Å². The van der Waals surface area contributed by atoms with Crippen molar-refractivity contribution >= 4 is 16.8 Å². The van der Waals surface area contributed by atoms with Crippen molar-refractivity contribution in [2.45, 2.75) is 25.8 Å². The van der Waals surface area contributed by atoms with Crippen molar-refractivity contribution in [3.63, 3.8) is 0 Å². The average molecular weight is 376 g/mol. The molecule has 0 saturated carbocycles. The van der Waals surface area contributed by atoms with Crippen LogP contribution in [-0.2, 0) is 0 Å². The number of amides is 1. The molecule has 0 aliphatic carbocycles. The molecule has 144 valence electrons. The molecule has 0 bridgehead atoms. The Labute approximate surface area is 164 Å². The summed E-state index contributed by atoms with van der Waals surface area (Å²) in [5, 5.41) is 0.899. The summed E-state index contributed by atoms with van der Waals surface area (Å²) < 4.78 is 10.8. The molecule has 2 aromatic carbocycles. The first-order chi connectivity index (χ1) is 13.6. The molecule has 2 heterocycles. The second kappa shape index (κ2) is 7.50. The van der Waals surface area contributed by atoms with E-state index in [0.29, 0.717) is 11.5 Å². The molecule has 1 aromatic heterocycles. The molecule has 0 spiro atoms. The Morgan fingerprint density at radius 1 is 1.07 bits per heavy atom. The van der Waals surface area contributed by atoms with Gasteiger partial charge in [0.2, 0.25) is 0 Å². The van der Waals surface area contributed by atoms with Crippen LogP contribution < -0.4 is 9.47 Å². The van der Waals surface area contributed by atoms with Gasteiger partial charge in [0.25, 0.3) is 5.91 Å². The third-order valence-corrected chi connectivity index (χ3v) is 5.38. The van der Waals surface area contributed by atoms with Crippen molar-refractivity contribution < 1.29 is 14.3 Å². The lowest BCUT2D eigenvalue weighted by Crippen LogP contribution is -2.30. The third-order valence-electron chi connectivity index (χ3n) is 5.38.